The molecule has 0 aromatic heterocycles. The minimum absolute atomic E-state index is 0.00975. The Morgan fingerprint density at radius 3 is 2.12 bits per heavy atom. The van der Waals surface area contributed by atoms with E-state index < -0.39 is 22.2 Å². The maximum Gasteiger partial charge on any atom is 0.304 e. The number of hydrogen-bond donors (Lipinski definition) is 0. The fourth-order valence-corrected chi connectivity index (χ4v) is 4.80. The van der Waals surface area contributed by atoms with Gasteiger partial charge in [-0.1, -0.05) is 66.7 Å². The molecule has 3 rings (SSSR count). The summed E-state index contributed by atoms with van der Waals surface area (Å²) in [6.45, 7) is 7.21. The van der Waals surface area contributed by atoms with Crippen molar-refractivity contribution in [2.75, 3.05) is 7.11 Å². The standard InChI is InChI=1S/C26H27NO5S/c1-19-10-16-25(17-11-19)33(29,30)27(18-22-8-6-5-7-9-22)26(32-21(3)28)20(2)23-12-14-24(31-4)15-13-23/h5-17,26H,2,18H2,1,3-4H3. The van der Waals surface area contributed by atoms with E-state index in [0.717, 1.165) is 11.1 Å². The largest absolute Gasteiger partial charge is 0.497 e. The van der Waals surface area contributed by atoms with E-state index in [4.69, 9.17) is 9.47 Å². The van der Waals surface area contributed by atoms with E-state index in [2.05, 4.69) is 6.58 Å². The number of aryl methyl sites for hydroxylation is 1. The molecule has 3 aromatic carbocycles. The fraction of sp³-hybridized carbons (Fsp3) is 0.192. The zero-order valence-corrected chi connectivity index (χ0v) is 19.7. The molecule has 0 spiro atoms. The molecule has 0 fully saturated rings. The maximum absolute atomic E-state index is 13.8. The van der Waals surface area contributed by atoms with Crippen LogP contribution in [0.15, 0.2) is 90.3 Å². The lowest BCUT2D eigenvalue weighted by Crippen LogP contribution is -2.42. The second-order valence-electron chi connectivity index (χ2n) is 7.56. The second-order valence-corrected chi connectivity index (χ2v) is 9.46. The van der Waals surface area contributed by atoms with Crippen LogP contribution in [0.3, 0.4) is 0 Å². The maximum atomic E-state index is 13.8. The normalized spacial score (nSPS) is 12.2. The molecule has 1 unspecified atom stereocenters. The van der Waals surface area contributed by atoms with Crippen molar-refractivity contribution in [2.45, 2.75) is 31.5 Å². The van der Waals surface area contributed by atoms with Crippen molar-refractivity contribution in [3.63, 3.8) is 0 Å². The molecule has 0 N–H and O–H groups in total. The van der Waals surface area contributed by atoms with Crippen LogP contribution >= 0.6 is 0 Å². The van der Waals surface area contributed by atoms with Crippen LogP contribution in [0, 0.1) is 6.92 Å². The third-order valence-electron chi connectivity index (χ3n) is 5.11. The average Bonchev–Trinajstić information content (AvgIpc) is 2.81. The van der Waals surface area contributed by atoms with Crippen molar-refractivity contribution < 1.29 is 22.7 Å². The SMILES string of the molecule is C=C(c1ccc(OC)cc1)C(OC(C)=O)N(Cc1ccccc1)S(=O)(=O)c1ccc(C)cc1. The topological polar surface area (TPSA) is 72.9 Å². The van der Waals surface area contributed by atoms with Crippen LogP contribution in [0.5, 0.6) is 5.75 Å². The van der Waals surface area contributed by atoms with Gasteiger partial charge in [-0.15, -0.1) is 0 Å². The summed E-state index contributed by atoms with van der Waals surface area (Å²) >= 11 is 0. The summed E-state index contributed by atoms with van der Waals surface area (Å²) in [7, 11) is -2.50. The number of ether oxygens (including phenoxy) is 2. The summed E-state index contributed by atoms with van der Waals surface area (Å²) in [6, 6.07) is 22.7. The van der Waals surface area contributed by atoms with Crippen LogP contribution in [-0.2, 0) is 26.1 Å². The third kappa shape index (κ3) is 5.88. The first kappa shape index (κ1) is 24.2. The Labute approximate surface area is 195 Å². The number of nitrogens with zero attached hydrogens (tertiary/aromatic N) is 1. The van der Waals surface area contributed by atoms with Crippen molar-refractivity contribution in [1.29, 1.82) is 0 Å². The van der Waals surface area contributed by atoms with Gasteiger partial charge in [-0.3, -0.25) is 4.79 Å². The Morgan fingerprint density at radius 1 is 0.970 bits per heavy atom. The molecule has 172 valence electrons. The summed E-state index contributed by atoms with van der Waals surface area (Å²) in [5.41, 5.74) is 2.63. The number of carbonyl (C=O) groups excluding carboxylic acids is 1. The van der Waals surface area contributed by atoms with Crippen LogP contribution in [-0.4, -0.2) is 32.0 Å². The van der Waals surface area contributed by atoms with Crippen molar-refractivity contribution in [3.8, 4) is 5.75 Å². The number of sulfonamides is 1. The number of methoxy groups -OCH3 is 1. The van der Waals surface area contributed by atoms with E-state index in [9.17, 15) is 13.2 Å². The van der Waals surface area contributed by atoms with Gasteiger partial charge in [-0.25, -0.2) is 8.42 Å². The number of hydrogen-bond acceptors (Lipinski definition) is 5. The predicted molar refractivity (Wildman–Crippen MR) is 128 cm³/mol. The van der Waals surface area contributed by atoms with Gasteiger partial charge in [0.05, 0.1) is 12.0 Å². The Morgan fingerprint density at radius 2 is 1.58 bits per heavy atom. The Hall–Kier alpha value is -3.42. The van der Waals surface area contributed by atoms with E-state index >= 15 is 0 Å². The Balaban J connectivity index is 2.11. The average molecular weight is 466 g/mol. The van der Waals surface area contributed by atoms with E-state index in [-0.39, 0.29) is 11.4 Å². The predicted octanol–water partition coefficient (Wildman–Crippen LogP) is 4.80. The van der Waals surface area contributed by atoms with Gasteiger partial charge in [0.15, 0.2) is 6.23 Å². The molecule has 1 atom stereocenters. The van der Waals surface area contributed by atoms with Crippen molar-refractivity contribution in [1.82, 2.24) is 4.31 Å². The summed E-state index contributed by atoms with van der Waals surface area (Å²) in [5, 5.41) is 0. The van der Waals surface area contributed by atoms with Gasteiger partial charge < -0.3 is 9.47 Å². The zero-order chi connectivity index (χ0) is 24.0. The van der Waals surface area contributed by atoms with Gasteiger partial charge in [0, 0.05) is 19.0 Å². The highest BCUT2D eigenvalue weighted by Gasteiger charge is 2.36. The minimum Gasteiger partial charge on any atom is -0.497 e. The molecule has 0 saturated carbocycles. The monoisotopic (exact) mass is 465 g/mol. The van der Waals surface area contributed by atoms with Crippen LogP contribution in [0.2, 0.25) is 0 Å². The first-order valence-electron chi connectivity index (χ1n) is 10.3. The molecule has 0 aliphatic rings. The molecule has 7 heteroatoms. The zero-order valence-electron chi connectivity index (χ0n) is 18.9. The number of carbonyl (C=O) groups is 1. The van der Waals surface area contributed by atoms with E-state index in [1.54, 1.807) is 55.6 Å². The molecular weight excluding hydrogens is 438 g/mol. The highest BCUT2D eigenvalue weighted by molar-refractivity contribution is 7.89. The Kier molecular flexibility index (Phi) is 7.68. The molecule has 0 bridgehead atoms. The first-order chi connectivity index (χ1) is 15.7. The van der Waals surface area contributed by atoms with Gasteiger partial charge in [0.2, 0.25) is 10.0 Å². The fourth-order valence-electron chi connectivity index (χ4n) is 3.31. The molecular formula is C26H27NO5S. The molecule has 0 aliphatic heterocycles. The summed E-state index contributed by atoms with van der Waals surface area (Å²) in [5.74, 6) is 0.0239. The van der Waals surface area contributed by atoms with Crippen LogP contribution in [0.25, 0.3) is 5.57 Å². The molecule has 0 amide bonds. The minimum atomic E-state index is -4.06. The molecule has 0 radical (unpaired) electrons. The molecule has 33 heavy (non-hydrogen) atoms. The quantitative estimate of drug-likeness (QED) is 0.335. The van der Waals surface area contributed by atoms with Gasteiger partial charge in [0.1, 0.15) is 5.75 Å². The van der Waals surface area contributed by atoms with Crippen molar-refractivity contribution in [3.05, 3.63) is 102 Å². The van der Waals surface area contributed by atoms with Crippen LogP contribution in [0.4, 0.5) is 0 Å². The second kappa shape index (κ2) is 10.5. The van der Waals surface area contributed by atoms with E-state index in [1.807, 2.05) is 37.3 Å². The van der Waals surface area contributed by atoms with Crippen molar-refractivity contribution >= 4 is 21.6 Å². The lowest BCUT2D eigenvalue weighted by atomic mass is 10.1. The molecule has 0 aliphatic carbocycles. The molecule has 0 saturated heterocycles. The Bertz CT molecular complexity index is 1200. The summed E-state index contributed by atoms with van der Waals surface area (Å²) in [6.07, 6.45) is -1.25. The van der Waals surface area contributed by atoms with E-state index in [0.29, 0.717) is 16.9 Å². The van der Waals surface area contributed by atoms with Gasteiger partial charge in [0.25, 0.3) is 0 Å². The van der Waals surface area contributed by atoms with Gasteiger partial charge in [-0.05, 0) is 42.3 Å². The van der Waals surface area contributed by atoms with Gasteiger partial charge >= 0.3 is 5.97 Å². The molecule has 6 nitrogen and oxygen atoms in total. The van der Waals surface area contributed by atoms with Crippen LogP contribution in [0.1, 0.15) is 23.6 Å². The van der Waals surface area contributed by atoms with E-state index in [1.165, 1.54) is 11.2 Å². The number of rotatable bonds is 9. The first-order valence-corrected chi connectivity index (χ1v) is 11.8. The highest BCUT2D eigenvalue weighted by atomic mass is 32.2. The highest BCUT2D eigenvalue weighted by Crippen LogP contribution is 2.30. The number of esters is 1. The molecule has 3 aromatic rings. The summed E-state index contributed by atoms with van der Waals surface area (Å²) in [4.78, 5) is 12.2. The lowest BCUT2D eigenvalue weighted by molar-refractivity contribution is -0.148. The van der Waals surface area contributed by atoms with Gasteiger partial charge in [-0.2, -0.15) is 4.31 Å². The smallest absolute Gasteiger partial charge is 0.304 e. The third-order valence-corrected chi connectivity index (χ3v) is 6.91. The molecule has 0 heterocycles. The number of benzene rings is 3. The van der Waals surface area contributed by atoms with Crippen LogP contribution < -0.4 is 4.74 Å². The van der Waals surface area contributed by atoms with Crippen molar-refractivity contribution in [2.24, 2.45) is 0 Å². The summed E-state index contributed by atoms with van der Waals surface area (Å²) < 4.78 is 39.5. The lowest BCUT2D eigenvalue weighted by Gasteiger charge is -2.32.